The summed E-state index contributed by atoms with van der Waals surface area (Å²) in [6.07, 6.45) is 2.11. The maximum atomic E-state index is 5.65. The van der Waals surface area contributed by atoms with Crippen LogP contribution in [0.2, 0.25) is 0 Å². The summed E-state index contributed by atoms with van der Waals surface area (Å²) in [4.78, 5) is 0. The highest BCUT2D eigenvalue weighted by Gasteiger charge is 2.08. The van der Waals surface area contributed by atoms with E-state index in [2.05, 4.69) is 32.9 Å². The first-order valence-electron chi connectivity index (χ1n) is 5.46. The SMILES string of the molecule is CC(C)(C)OCCCc1ccc(N)cc1. The minimum Gasteiger partial charge on any atom is -0.399 e. The van der Waals surface area contributed by atoms with E-state index in [9.17, 15) is 0 Å². The fourth-order valence-corrected chi connectivity index (χ4v) is 1.34. The van der Waals surface area contributed by atoms with Crippen molar-refractivity contribution in [2.75, 3.05) is 12.3 Å². The lowest BCUT2D eigenvalue weighted by molar-refractivity contribution is -0.00384. The van der Waals surface area contributed by atoms with Crippen molar-refractivity contribution in [2.24, 2.45) is 0 Å². The highest BCUT2D eigenvalue weighted by Crippen LogP contribution is 2.10. The molecule has 0 radical (unpaired) electrons. The largest absolute Gasteiger partial charge is 0.399 e. The van der Waals surface area contributed by atoms with Crippen LogP contribution >= 0.6 is 0 Å². The van der Waals surface area contributed by atoms with E-state index in [1.165, 1.54) is 5.56 Å². The normalized spacial score (nSPS) is 11.7. The molecular weight excluding hydrogens is 186 g/mol. The monoisotopic (exact) mass is 207 g/mol. The van der Waals surface area contributed by atoms with E-state index in [0.717, 1.165) is 25.1 Å². The van der Waals surface area contributed by atoms with Gasteiger partial charge in [0.25, 0.3) is 0 Å². The minimum atomic E-state index is -0.0267. The fraction of sp³-hybridized carbons (Fsp3) is 0.538. The quantitative estimate of drug-likeness (QED) is 0.608. The molecule has 0 heterocycles. The highest BCUT2D eigenvalue weighted by atomic mass is 16.5. The van der Waals surface area contributed by atoms with Gasteiger partial charge in [-0.05, 0) is 51.3 Å². The molecule has 1 aromatic carbocycles. The van der Waals surface area contributed by atoms with Gasteiger partial charge in [0.15, 0.2) is 0 Å². The first-order valence-corrected chi connectivity index (χ1v) is 5.46. The molecule has 0 aliphatic rings. The molecule has 2 N–H and O–H groups in total. The molecule has 0 bridgehead atoms. The van der Waals surface area contributed by atoms with Crippen LogP contribution in [-0.4, -0.2) is 12.2 Å². The first kappa shape index (κ1) is 12.1. The standard InChI is InChI=1S/C13H21NO/c1-13(2,3)15-10-4-5-11-6-8-12(14)9-7-11/h6-9H,4-5,10,14H2,1-3H3. The molecular formula is C13H21NO. The van der Waals surface area contributed by atoms with Crippen LogP contribution in [0.15, 0.2) is 24.3 Å². The molecule has 0 fully saturated rings. The maximum Gasteiger partial charge on any atom is 0.0598 e. The topological polar surface area (TPSA) is 35.2 Å². The summed E-state index contributed by atoms with van der Waals surface area (Å²) < 4.78 is 5.65. The van der Waals surface area contributed by atoms with Gasteiger partial charge < -0.3 is 10.5 Å². The molecule has 0 amide bonds. The van der Waals surface area contributed by atoms with Gasteiger partial charge in [-0.3, -0.25) is 0 Å². The summed E-state index contributed by atoms with van der Waals surface area (Å²) in [5.74, 6) is 0. The summed E-state index contributed by atoms with van der Waals surface area (Å²) >= 11 is 0. The van der Waals surface area contributed by atoms with Crippen LogP contribution in [0.3, 0.4) is 0 Å². The van der Waals surface area contributed by atoms with Gasteiger partial charge in [-0.15, -0.1) is 0 Å². The molecule has 2 nitrogen and oxygen atoms in total. The third-order valence-corrected chi connectivity index (χ3v) is 2.12. The molecule has 84 valence electrons. The van der Waals surface area contributed by atoms with Crippen LogP contribution in [0, 0.1) is 0 Å². The van der Waals surface area contributed by atoms with Crippen molar-refractivity contribution >= 4 is 5.69 Å². The van der Waals surface area contributed by atoms with Crippen molar-refractivity contribution in [1.82, 2.24) is 0 Å². The number of nitrogens with two attached hydrogens (primary N) is 1. The number of benzene rings is 1. The minimum absolute atomic E-state index is 0.0267. The van der Waals surface area contributed by atoms with Gasteiger partial charge >= 0.3 is 0 Å². The number of hydrogen-bond acceptors (Lipinski definition) is 2. The number of ether oxygens (including phenoxy) is 1. The van der Waals surface area contributed by atoms with Gasteiger partial charge in [0, 0.05) is 12.3 Å². The van der Waals surface area contributed by atoms with Gasteiger partial charge in [0.1, 0.15) is 0 Å². The third-order valence-electron chi connectivity index (χ3n) is 2.12. The molecule has 1 rings (SSSR count). The molecule has 0 aromatic heterocycles. The van der Waals surface area contributed by atoms with Crippen molar-refractivity contribution in [3.8, 4) is 0 Å². The summed E-state index contributed by atoms with van der Waals surface area (Å²) in [5, 5.41) is 0. The van der Waals surface area contributed by atoms with Crippen LogP contribution in [0.25, 0.3) is 0 Å². The van der Waals surface area contributed by atoms with E-state index in [1.54, 1.807) is 0 Å². The molecule has 0 aliphatic carbocycles. The smallest absolute Gasteiger partial charge is 0.0598 e. The second-order valence-electron chi connectivity index (χ2n) is 4.81. The number of nitrogen functional groups attached to an aromatic ring is 1. The molecule has 0 saturated carbocycles. The maximum absolute atomic E-state index is 5.65. The lowest BCUT2D eigenvalue weighted by Gasteiger charge is -2.19. The average Bonchev–Trinajstić information content (AvgIpc) is 2.14. The van der Waals surface area contributed by atoms with Gasteiger partial charge in [-0.2, -0.15) is 0 Å². The van der Waals surface area contributed by atoms with Gasteiger partial charge in [0.05, 0.1) is 5.60 Å². The van der Waals surface area contributed by atoms with E-state index < -0.39 is 0 Å². The molecule has 0 aliphatic heterocycles. The molecule has 1 aromatic rings. The Labute approximate surface area is 92.4 Å². The molecule has 2 heteroatoms. The predicted octanol–water partition coefficient (Wildman–Crippen LogP) is 3.02. The first-order chi connectivity index (χ1) is 6.97. The highest BCUT2D eigenvalue weighted by molar-refractivity contribution is 5.39. The summed E-state index contributed by atoms with van der Waals surface area (Å²) in [5.41, 5.74) is 7.73. The Balaban J connectivity index is 2.23. The van der Waals surface area contributed by atoms with Crippen molar-refractivity contribution in [3.63, 3.8) is 0 Å². The Morgan fingerprint density at radius 1 is 1.13 bits per heavy atom. The van der Waals surface area contributed by atoms with Gasteiger partial charge in [-0.1, -0.05) is 12.1 Å². The summed E-state index contributed by atoms with van der Waals surface area (Å²) in [6.45, 7) is 7.05. The molecule has 0 spiro atoms. The van der Waals surface area contributed by atoms with E-state index in [-0.39, 0.29) is 5.60 Å². The zero-order chi connectivity index (χ0) is 11.3. The molecule has 0 atom stereocenters. The second-order valence-corrected chi connectivity index (χ2v) is 4.81. The third kappa shape index (κ3) is 5.43. The molecule has 0 unspecified atom stereocenters. The summed E-state index contributed by atoms with van der Waals surface area (Å²) in [7, 11) is 0. The van der Waals surface area contributed by atoms with Crippen LogP contribution in [0.1, 0.15) is 32.8 Å². The van der Waals surface area contributed by atoms with Crippen LogP contribution in [0.4, 0.5) is 5.69 Å². The summed E-state index contributed by atoms with van der Waals surface area (Å²) in [6, 6.07) is 8.04. The Hall–Kier alpha value is -1.02. The number of hydrogen-bond donors (Lipinski definition) is 1. The predicted molar refractivity (Wildman–Crippen MR) is 64.9 cm³/mol. The molecule has 15 heavy (non-hydrogen) atoms. The van der Waals surface area contributed by atoms with Crippen LogP contribution in [-0.2, 0) is 11.2 Å². The Morgan fingerprint density at radius 3 is 2.27 bits per heavy atom. The zero-order valence-electron chi connectivity index (χ0n) is 9.92. The lowest BCUT2D eigenvalue weighted by atomic mass is 10.1. The van der Waals surface area contributed by atoms with Crippen molar-refractivity contribution in [1.29, 1.82) is 0 Å². The van der Waals surface area contributed by atoms with Crippen molar-refractivity contribution in [2.45, 2.75) is 39.2 Å². The van der Waals surface area contributed by atoms with Crippen LogP contribution < -0.4 is 5.73 Å². The zero-order valence-corrected chi connectivity index (χ0v) is 9.92. The fourth-order valence-electron chi connectivity index (χ4n) is 1.34. The van der Waals surface area contributed by atoms with E-state index in [0.29, 0.717) is 0 Å². The van der Waals surface area contributed by atoms with Gasteiger partial charge in [-0.25, -0.2) is 0 Å². The Morgan fingerprint density at radius 2 is 1.73 bits per heavy atom. The molecule has 0 saturated heterocycles. The van der Waals surface area contributed by atoms with E-state index >= 15 is 0 Å². The van der Waals surface area contributed by atoms with Crippen molar-refractivity contribution in [3.05, 3.63) is 29.8 Å². The van der Waals surface area contributed by atoms with Gasteiger partial charge in [0.2, 0.25) is 0 Å². The van der Waals surface area contributed by atoms with Crippen molar-refractivity contribution < 1.29 is 4.74 Å². The number of rotatable bonds is 4. The van der Waals surface area contributed by atoms with E-state index in [4.69, 9.17) is 10.5 Å². The second kappa shape index (κ2) is 5.17. The number of anilines is 1. The average molecular weight is 207 g/mol. The Kier molecular flexibility index (Phi) is 4.15. The Bertz CT molecular complexity index is 284. The van der Waals surface area contributed by atoms with E-state index in [1.807, 2.05) is 12.1 Å². The van der Waals surface area contributed by atoms with Crippen LogP contribution in [0.5, 0.6) is 0 Å². The lowest BCUT2D eigenvalue weighted by Crippen LogP contribution is -2.19. The number of aryl methyl sites for hydroxylation is 1.